The molecule has 0 amide bonds. The van der Waals surface area contributed by atoms with E-state index in [1.165, 1.54) is 0 Å². The molecular weight excluding hydrogens is 164 g/mol. The third kappa shape index (κ3) is 1.49. The Bertz CT molecular complexity index is 401. The Balaban J connectivity index is 2.54. The van der Waals surface area contributed by atoms with E-state index < -0.39 is 0 Å². The molecule has 0 atom stereocenters. The Hall–Kier alpha value is -1.90. The fourth-order valence-corrected chi connectivity index (χ4v) is 1.07. The maximum Gasteiger partial charge on any atom is 0.125 e. The average Bonchev–Trinajstić information content (AvgIpc) is 2.20. The molecule has 0 aliphatic rings. The SMILES string of the molecule is Oc1cc[c]cc1-c1cnccn1. The van der Waals surface area contributed by atoms with E-state index in [9.17, 15) is 5.11 Å². The van der Waals surface area contributed by atoms with Gasteiger partial charge < -0.3 is 5.11 Å². The summed E-state index contributed by atoms with van der Waals surface area (Å²) in [7, 11) is 0. The summed E-state index contributed by atoms with van der Waals surface area (Å²) < 4.78 is 0. The zero-order valence-electron chi connectivity index (χ0n) is 6.81. The number of aromatic nitrogens is 2. The van der Waals surface area contributed by atoms with Crippen LogP contribution in [0.25, 0.3) is 11.3 Å². The predicted molar refractivity (Wildman–Crippen MR) is 48.0 cm³/mol. The summed E-state index contributed by atoms with van der Waals surface area (Å²) in [5.41, 5.74) is 1.30. The van der Waals surface area contributed by atoms with Crippen LogP contribution in [0.15, 0.2) is 36.8 Å². The molecule has 2 rings (SSSR count). The first kappa shape index (κ1) is 7.73. The molecule has 2 aromatic rings. The van der Waals surface area contributed by atoms with E-state index in [2.05, 4.69) is 16.0 Å². The largest absolute Gasteiger partial charge is 0.507 e. The minimum atomic E-state index is 0.194. The van der Waals surface area contributed by atoms with Crippen molar-refractivity contribution in [2.45, 2.75) is 0 Å². The Morgan fingerprint density at radius 3 is 2.92 bits per heavy atom. The Labute approximate surface area is 75.7 Å². The van der Waals surface area contributed by atoms with Crippen LogP contribution in [-0.4, -0.2) is 15.1 Å². The topological polar surface area (TPSA) is 46.0 Å². The lowest BCUT2D eigenvalue weighted by atomic mass is 10.1. The predicted octanol–water partition coefficient (Wildman–Crippen LogP) is 1.65. The van der Waals surface area contributed by atoms with Crippen molar-refractivity contribution in [2.24, 2.45) is 0 Å². The van der Waals surface area contributed by atoms with Crippen LogP contribution in [0.4, 0.5) is 0 Å². The van der Waals surface area contributed by atoms with E-state index >= 15 is 0 Å². The lowest BCUT2D eigenvalue weighted by Crippen LogP contribution is -1.84. The van der Waals surface area contributed by atoms with Crippen LogP contribution >= 0.6 is 0 Å². The second-order valence-electron chi connectivity index (χ2n) is 2.53. The van der Waals surface area contributed by atoms with Gasteiger partial charge in [0.05, 0.1) is 11.9 Å². The van der Waals surface area contributed by atoms with Gasteiger partial charge in [0.25, 0.3) is 0 Å². The van der Waals surface area contributed by atoms with Crippen LogP contribution < -0.4 is 0 Å². The van der Waals surface area contributed by atoms with Gasteiger partial charge in [0.2, 0.25) is 0 Å². The fourth-order valence-electron chi connectivity index (χ4n) is 1.07. The molecule has 0 spiro atoms. The van der Waals surface area contributed by atoms with Crippen LogP contribution in [-0.2, 0) is 0 Å². The number of aromatic hydroxyl groups is 1. The Morgan fingerprint density at radius 1 is 1.31 bits per heavy atom. The number of hydrogen-bond donors (Lipinski definition) is 1. The van der Waals surface area contributed by atoms with E-state index in [4.69, 9.17) is 0 Å². The van der Waals surface area contributed by atoms with Crippen LogP contribution in [0.5, 0.6) is 5.75 Å². The van der Waals surface area contributed by atoms with E-state index in [1.54, 1.807) is 36.8 Å². The number of hydrogen-bond acceptors (Lipinski definition) is 3. The van der Waals surface area contributed by atoms with Gasteiger partial charge in [-0.15, -0.1) is 0 Å². The molecule has 0 aliphatic heterocycles. The Morgan fingerprint density at radius 2 is 2.23 bits per heavy atom. The highest BCUT2D eigenvalue weighted by molar-refractivity contribution is 5.65. The second kappa shape index (κ2) is 3.23. The summed E-state index contributed by atoms with van der Waals surface area (Å²) in [6.45, 7) is 0. The molecule has 1 radical (unpaired) electrons. The summed E-state index contributed by atoms with van der Waals surface area (Å²) in [6.07, 6.45) is 4.78. The molecule has 1 heterocycles. The average molecular weight is 171 g/mol. The maximum absolute atomic E-state index is 9.48. The number of rotatable bonds is 1. The second-order valence-corrected chi connectivity index (χ2v) is 2.53. The molecule has 1 aromatic heterocycles. The van der Waals surface area contributed by atoms with Crippen molar-refractivity contribution in [3.05, 3.63) is 42.9 Å². The molecule has 1 aromatic carbocycles. The summed E-state index contributed by atoms with van der Waals surface area (Å²) >= 11 is 0. The highest BCUT2D eigenvalue weighted by Gasteiger charge is 2.02. The molecule has 0 aliphatic carbocycles. The molecular formula is C10H7N2O. The van der Waals surface area contributed by atoms with Crippen LogP contribution in [0, 0.1) is 6.07 Å². The molecule has 0 bridgehead atoms. The van der Waals surface area contributed by atoms with Crippen molar-refractivity contribution < 1.29 is 5.11 Å². The van der Waals surface area contributed by atoms with Gasteiger partial charge in [0.1, 0.15) is 5.75 Å². The zero-order valence-corrected chi connectivity index (χ0v) is 6.81. The zero-order chi connectivity index (χ0) is 9.10. The van der Waals surface area contributed by atoms with Gasteiger partial charge >= 0.3 is 0 Å². The van der Waals surface area contributed by atoms with Crippen molar-refractivity contribution in [3.63, 3.8) is 0 Å². The number of phenolic OH excluding ortho intramolecular Hbond substituents is 1. The van der Waals surface area contributed by atoms with E-state index in [-0.39, 0.29) is 5.75 Å². The van der Waals surface area contributed by atoms with Gasteiger partial charge in [0, 0.05) is 18.0 Å². The fraction of sp³-hybridized carbons (Fsp3) is 0. The van der Waals surface area contributed by atoms with Gasteiger partial charge in [-0.1, -0.05) is 6.07 Å². The maximum atomic E-state index is 9.48. The molecule has 13 heavy (non-hydrogen) atoms. The molecule has 0 fully saturated rings. The van der Waals surface area contributed by atoms with E-state index in [1.807, 2.05) is 0 Å². The minimum absolute atomic E-state index is 0.194. The summed E-state index contributed by atoms with van der Waals surface area (Å²) in [5.74, 6) is 0.194. The van der Waals surface area contributed by atoms with Crippen molar-refractivity contribution in [2.75, 3.05) is 0 Å². The van der Waals surface area contributed by atoms with Crippen molar-refractivity contribution in [1.29, 1.82) is 0 Å². The smallest absolute Gasteiger partial charge is 0.125 e. The van der Waals surface area contributed by atoms with E-state index in [0.717, 1.165) is 0 Å². The minimum Gasteiger partial charge on any atom is -0.507 e. The van der Waals surface area contributed by atoms with E-state index in [0.29, 0.717) is 11.3 Å². The molecule has 3 nitrogen and oxygen atoms in total. The first-order chi connectivity index (χ1) is 6.38. The highest BCUT2D eigenvalue weighted by atomic mass is 16.3. The van der Waals surface area contributed by atoms with Gasteiger partial charge in [0.15, 0.2) is 0 Å². The molecule has 63 valence electrons. The number of nitrogens with zero attached hydrogens (tertiary/aromatic N) is 2. The summed E-state index contributed by atoms with van der Waals surface area (Å²) in [4.78, 5) is 7.98. The van der Waals surface area contributed by atoms with Crippen molar-refractivity contribution in [1.82, 2.24) is 9.97 Å². The normalized spacial score (nSPS) is 9.85. The van der Waals surface area contributed by atoms with Crippen molar-refractivity contribution >= 4 is 0 Å². The van der Waals surface area contributed by atoms with Crippen molar-refractivity contribution in [3.8, 4) is 17.0 Å². The van der Waals surface area contributed by atoms with Gasteiger partial charge in [-0.3, -0.25) is 9.97 Å². The molecule has 0 unspecified atom stereocenters. The first-order valence-electron chi connectivity index (χ1n) is 3.83. The standard InChI is InChI=1S/C10H7N2O/c13-10-4-2-1-3-8(10)9-7-11-5-6-12-9/h2-7,13H. The molecule has 1 N–H and O–H groups in total. The van der Waals surface area contributed by atoms with Crippen LogP contribution in [0.2, 0.25) is 0 Å². The third-order valence-corrected chi connectivity index (χ3v) is 1.68. The highest BCUT2D eigenvalue weighted by Crippen LogP contribution is 2.25. The third-order valence-electron chi connectivity index (χ3n) is 1.68. The number of benzene rings is 1. The van der Waals surface area contributed by atoms with Gasteiger partial charge in [-0.05, 0) is 18.2 Å². The summed E-state index contributed by atoms with van der Waals surface area (Å²) in [5, 5.41) is 9.48. The number of phenols is 1. The monoisotopic (exact) mass is 171 g/mol. The molecule has 0 saturated heterocycles. The molecule has 3 heteroatoms. The lowest BCUT2D eigenvalue weighted by Gasteiger charge is -2.00. The van der Waals surface area contributed by atoms with Gasteiger partial charge in [-0.25, -0.2) is 0 Å². The van der Waals surface area contributed by atoms with Crippen LogP contribution in [0.3, 0.4) is 0 Å². The van der Waals surface area contributed by atoms with Crippen LogP contribution in [0.1, 0.15) is 0 Å². The van der Waals surface area contributed by atoms with Gasteiger partial charge in [-0.2, -0.15) is 0 Å². The first-order valence-corrected chi connectivity index (χ1v) is 3.83. The Kier molecular flexibility index (Phi) is 1.92. The molecule has 0 saturated carbocycles. The quantitative estimate of drug-likeness (QED) is 0.709. The lowest BCUT2D eigenvalue weighted by molar-refractivity contribution is 0.477. The summed E-state index contributed by atoms with van der Waals surface area (Å²) in [6, 6.07) is 7.77.